The van der Waals surface area contributed by atoms with Gasteiger partial charge in [0.25, 0.3) is 0 Å². The van der Waals surface area contributed by atoms with E-state index in [1.54, 1.807) is 0 Å². The normalized spacial score (nSPS) is 32.0. The average Bonchev–Trinajstić information content (AvgIpc) is 2.31. The lowest BCUT2D eigenvalue weighted by molar-refractivity contribution is -0.103. The number of rotatable bonds is 0. The molecule has 1 aromatic rings. The Morgan fingerprint density at radius 1 is 1.41 bits per heavy atom. The molecule has 1 saturated heterocycles. The zero-order chi connectivity index (χ0) is 11.9. The van der Waals surface area contributed by atoms with Crippen molar-refractivity contribution < 1.29 is 14.6 Å². The van der Waals surface area contributed by atoms with Crippen molar-refractivity contribution in [2.45, 2.75) is 31.0 Å². The molecule has 1 unspecified atom stereocenters. The Balaban J connectivity index is 1.94. The minimum atomic E-state index is -0.460. The fourth-order valence-corrected chi connectivity index (χ4v) is 3.06. The van der Waals surface area contributed by atoms with Gasteiger partial charge in [-0.2, -0.15) is 0 Å². The first kappa shape index (κ1) is 11.5. The molecular weight excluding hydrogens is 284 g/mol. The first-order valence-corrected chi connectivity index (χ1v) is 6.72. The van der Waals surface area contributed by atoms with Crippen LogP contribution in [-0.2, 0) is 4.74 Å². The number of ether oxygens (including phenoxy) is 2. The second-order valence-electron chi connectivity index (χ2n) is 4.84. The highest BCUT2D eigenvalue weighted by Gasteiger charge is 2.42. The van der Waals surface area contributed by atoms with E-state index in [0.29, 0.717) is 13.0 Å². The van der Waals surface area contributed by atoms with Crippen LogP contribution in [0.3, 0.4) is 0 Å². The van der Waals surface area contributed by atoms with Gasteiger partial charge in [0.2, 0.25) is 0 Å². The lowest BCUT2D eigenvalue weighted by Crippen LogP contribution is -2.47. The summed E-state index contributed by atoms with van der Waals surface area (Å²) < 4.78 is 12.6. The minimum Gasteiger partial charge on any atom is -0.484 e. The fraction of sp³-hybridized carbons (Fsp3) is 0.538. The molecule has 0 aliphatic carbocycles. The van der Waals surface area contributed by atoms with Crippen LogP contribution in [0.5, 0.6) is 5.75 Å². The second-order valence-corrected chi connectivity index (χ2v) is 5.76. The van der Waals surface area contributed by atoms with Crippen molar-refractivity contribution in [2.75, 3.05) is 13.2 Å². The van der Waals surface area contributed by atoms with Gasteiger partial charge in [-0.3, -0.25) is 0 Å². The third kappa shape index (κ3) is 2.09. The van der Waals surface area contributed by atoms with E-state index < -0.39 is 6.10 Å². The second kappa shape index (κ2) is 4.26. The molecule has 1 aromatic carbocycles. The van der Waals surface area contributed by atoms with E-state index in [1.807, 2.05) is 18.2 Å². The van der Waals surface area contributed by atoms with E-state index >= 15 is 0 Å². The summed E-state index contributed by atoms with van der Waals surface area (Å²) in [5.74, 6) is 0.789. The van der Waals surface area contributed by atoms with Gasteiger partial charge in [-0.15, -0.1) is 0 Å². The van der Waals surface area contributed by atoms with E-state index in [-0.39, 0.29) is 5.60 Å². The maximum absolute atomic E-state index is 10.2. The van der Waals surface area contributed by atoms with Gasteiger partial charge in [-0.1, -0.05) is 15.9 Å². The van der Waals surface area contributed by atoms with Gasteiger partial charge >= 0.3 is 0 Å². The van der Waals surface area contributed by atoms with Crippen molar-refractivity contribution in [3.8, 4) is 5.75 Å². The van der Waals surface area contributed by atoms with Crippen LogP contribution in [-0.4, -0.2) is 23.9 Å². The molecule has 0 saturated carbocycles. The smallest absolute Gasteiger partial charge is 0.135 e. The average molecular weight is 299 g/mol. The molecule has 17 heavy (non-hydrogen) atoms. The van der Waals surface area contributed by atoms with E-state index in [2.05, 4.69) is 15.9 Å². The Kier molecular flexibility index (Phi) is 2.89. The van der Waals surface area contributed by atoms with E-state index in [9.17, 15) is 5.11 Å². The molecule has 0 radical (unpaired) electrons. The van der Waals surface area contributed by atoms with Gasteiger partial charge in [0.1, 0.15) is 11.4 Å². The Morgan fingerprint density at radius 3 is 3.06 bits per heavy atom. The molecule has 0 aromatic heterocycles. The molecule has 3 rings (SSSR count). The molecule has 2 aliphatic rings. The molecule has 2 heterocycles. The summed E-state index contributed by atoms with van der Waals surface area (Å²) in [6, 6.07) is 5.78. The number of benzene rings is 1. The van der Waals surface area contributed by atoms with Crippen molar-refractivity contribution in [2.24, 2.45) is 0 Å². The first-order valence-electron chi connectivity index (χ1n) is 5.93. The molecule has 3 nitrogen and oxygen atoms in total. The SMILES string of the molecule is O[C@H]1CC2(CCCOC2)Oc2ccc(Br)cc21. The molecule has 4 heteroatoms. The number of fused-ring (bicyclic) bond motifs is 1. The van der Waals surface area contributed by atoms with Crippen molar-refractivity contribution in [1.29, 1.82) is 0 Å². The quantitative estimate of drug-likeness (QED) is 0.800. The van der Waals surface area contributed by atoms with Gasteiger partial charge in [-0.05, 0) is 31.0 Å². The molecule has 1 N–H and O–H groups in total. The summed E-state index contributed by atoms with van der Waals surface area (Å²) in [7, 11) is 0. The number of aliphatic hydroxyl groups is 1. The summed E-state index contributed by atoms with van der Waals surface area (Å²) in [6.07, 6.45) is 2.12. The van der Waals surface area contributed by atoms with Gasteiger partial charge < -0.3 is 14.6 Å². The number of hydrogen-bond donors (Lipinski definition) is 1. The van der Waals surface area contributed by atoms with Crippen LogP contribution in [0, 0.1) is 0 Å². The minimum absolute atomic E-state index is 0.321. The van der Waals surface area contributed by atoms with Crippen molar-refractivity contribution in [3.63, 3.8) is 0 Å². The molecule has 1 fully saturated rings. The zero-order valence-electron chi connectivity index (χ0n) is 9.49. The molecule has 2 aliphatic heterocycles. The lowest BCUT2D eigenvalue weighted by Gasteiger charge is -2.42. The van der Waals surface area contributed by atoms with Gasteiger partial charge in [0.15, 0.2) is 0 Å². The maximum Gasteiger partial charge on any atom is 0.135 e. The van der Waals surface area contributed by atoms with Crippen molar-refractivity contribution >= 4 is 15.9 Å². The number of halogens is 1. The lowest BCUT2D eigenvalue weighted by atomic mass is 9.85. The molecule has 0 bridgehead atoms. The zero-order valence-corrected chi connectivity index (χ0v) is 11.1. The van der Waals surface area contributed by atoms with Crippen LogP contribution in [0.4, 0.5) is 0 Å². The monoisotopic (exact) mass is 298 g/mol. The molecule has 92 valence electrons. The standard InChI is InChI=1S/C13H15BrO3/c14-9-2-3-12-10(6-9)11(15)7-13(17-12)4-1-5-16-8-13/h2-3,6,11,15H,1,4-5,7-8H2/t11-,13?/m0/s1. The van der Waals surface area contributed by atoms with Crippen LogP contribution in [0.1, 0.15) is 30.9 Å². The fourth-order valence-electron chi connectivity index (χ4n) is 2.68. The topological polar surface area (TPSA) is 38.7 Å². The van der Waals surface area contributed by atoms with Crippen LogP contribution in [0.2, 0.25) is 0 Å². The van der Waals surface area contributed by atoms with Crippen LogP contribution < -0.4 is 4.74 Å². The van der Waals surface area contributed by atoms with E-state index in [0.717, 1.165) is 35.2 Å². The Hall–Kier alpha value is -0.580. The summed E-state index contributed by atoms with van der Waals surface area (Å²) in [5, 5.41) is 10.2. The third-order valence-electron chi connectivity index (χ3n) is 3.51. The third-order valence-corrected chi connectivity index (χ3v) is 4.00. The van der Waals surface area contributed by atoms with Crippen LogP contribution in [0.15, 0.2) is 22.7 Å². The maximum atomic E-state index is 10.2. The highest BCUT2D eigenvalue weighted by molar-refractivity contribution is 9.10. The van der Waals surface area contributed by atoms with Crippen molar-refractivity contribution in [1.82, 2.24) is 0 Å². The Morgan fingerprint density at radius 2 is 2.29 bits per heavy atom. The molecular formula is C13H15BrO3. The predicted octanol–water partition coefficient (Wildman–Crippen LogP) is 2.81. The van der Waals surface area contributed by atoms with Crippen LogP contribution in [0.25, 0.3) is 0 Å². The van der Waals surface area contributed by atoms with Crippen LogP contribution >= 0.6 is 15.9 Å². The summed E-state index contributed by atoms with van der Waals surface area (Å²) >= 11 is 3.41. The summed E-state index contributed by atoms with van der Waals surface area (Å²) in [6.45, 7) is 1.38. The van der Waals surface area contributed by atoms with E-state index in [1.165, 1.54) is 0 Å². The molecule has 2 atom stereocenters. The predicted molar refractivity (Wildman–Crippen MR) is 67.1 cm³/mol. The number of aliphatic hydroxyl groups excluding tert-OH is 1. The van der Waals surface area contributed by atoms with Gasteiger partial charge in [0, 0.05) is 23.1 Å². The Labute approximate surface area is 109 Å². The summed E-state index contributed by atoms with van der Waals surface area (Å²) in [4.78, 5) is 0. The Bertz CT molecular complexity index is 427. The van der Waals surface area contributed by atoms with Gasteiger partial charge in [0.05, 0.1) is 12.7 Å². The summed E-state index contributed by atoms with van der Waals surface area (Å²) in [5.41, 5.74) is 0.550. The highest BCUT2D eigenvalue weighted by atomic mass is 79.9. The largest absolute Gasteiger partial charge is 0.484 e. The molecule has 1 spiro atoms. The van der Waals surface area contributed by atoms with E-state index in [4.69, 9.17) is 9.47 Å². The molecule has 0 amide bonds. The highest BCUT2D eigenvalue weighted by Crippen LogP contribution is 2.43. The van der Waals surface area contributed by atoms with Gasteiger partial charge in [-0.25, -0.2) is 0 Å². The number of hydrogen-bond acceptors (Lipinski definition) is 3. The first-order chi connectivity index (χ1) is 8.19. The van der Waals surface area contributed by atoms with Crippen molar-refractivity contribution in [3.05, 3.63) is 28.2 Å².